The van der Waals surface area contributed by atoms with Crippen LogP contribution in [0, 0.1) is 0 Å². The average Bonchev–Trinajstić information content (AvgIpc) is 2.68. The number of nitrogens with zero attached hydrogens (tertiary/aromatic N) is 2. The maximum absolute atomic E-state index is 12.4. The van der Waals surface area contributed by atoms with Crippen molar-refractivity contribution in [3.63, 3.8) is 0 Å². The smallest absolute Gasteiger partial charge is 0.222 e. The number of unbranched alkanes of at least 4 members (excludes halogenated alkanes) is 9. The molecule has 5 nitrogen and oxygen atoms in total. The lowest BCUT2D eigenvalue weighted by Gasteiger charge is -2.27. The third-order valence-electron chi connectivity index (χ3n) is 5.06. The van der Waals surface area contributed by atoms with Gasteiger partial charge in [-0.25, -0.2) is 0 Å². The van der Waals surface area contributed by atoms with E-state index in [1.807, 2.05) is 0 Å². The van der Waals surface area contributed by atoms with Crippen LogP contribution >= 0.6 is 0 Å². The molecule has 0 saturated heterocycles. The molecule has 164 valence electrons. The van der Waals surface area contributed by atoms with Gasteiger partial charge >= 0.3 is 0 Å². The Morgan fingerprint density at radius 1 is 0.929 bits per heavy atom. The van der Waals surface area contributed by atoms with Crippen molar-refractivity contribution in [1.82, 2.24) is 4.90 Å². The van der Waals surface area contributed by atoms with Gasteiger partial charge < -0.3 is 15.8 Å². The highest BCUT2D eigenvalue weighted by atomic mass is 16.4. The van der Waals surface area contributed by atoms with Crippen molar-refractivity contribution in [3.05, 3.63) is 12.2 Å². The molecular formula is C23H45N3O2. The molecule has 0 rings (SSSR count). The van der Waals surface area contributed by atoms with E-state index >= 15 is 0 Å². The van der Waals surface area contributed by atoms with Crippen molar-refractivity contribution >= 4 is 11.7 Å². The number of nitrogens with two attached hydrogens (primary N) is 1. The molecule has 0 fully saturated rings. The predicted molar refractivity (Wildman–Crippen MR) is 120 cm³/mol. The van der Waals surface area contributed by atoms with Gasteiger partial charge in [-0.05, 0) is 58.8 Å². The molecule has 0 aliphatic heterocycles. The first kappa shape index (κ1) is 26.5. The van der Waals surface area contributed by atoms with Crippen molar-refractivity contribution in [3.8, 4) is 0 Å². The van der Waals surface area contributed by atoms with Crippen LogP contribution in [-0.2, 0) is 4.79 Å². The van der Waals surface area contributed by atoms with Crippen LogP contribution in [0.4, 0.5) is 0 Å². The Morgan fingerprint density at radius 3 is 2.11 bits per heavy atom. The number of amidine groups is 1. The molecule has 5 heteroatoms. The van der Waals surface area contributed by atoms with Crippen LogP contribution < -0.4 is 5.73 Å². The Bertz CT molecular complexity index is 434. The molecule has 0 radical (unpaired) electrons. The molecule has 0 aliphatic carbocycles. The largest absolute Gasteiger partial charge is 0.409 e. The lowest BCUT2D eigenvalue weighted by Crippen LogP contribution is -2.37. The summed E-state index contributed by atoms with van der Waals surface area (Å²) < 4.78 is 0. The topological polar surface area (TPSA) is 78.9 Å². The second-order valence-electron chi connectivity index (χ2n) is 8.00. The van der Waals surface area contributed by atoms with Gasteiger partial charge in [-0.15, -0.1) is 0 Å². The zero-order valence-corrected chi connectivity index (χ0v) is 18.7. The average molecular weight is 396 g/mol. The van der Waals surface area contributed by atoms with Gasteiger partial charge in [-0.1, -0.05) is 56.3 Å². The van der Waals surface area contributed by atoms with Crippen LogP contribution in [0.25, 0.3) is 0 Å². The predicted octanol–water partition coefficient (Wildman–Crippen LogP) is 6.01. The highest BCUT2D eigenvalue weighted by Crippen LogP contribution is 2.11. The van der Waals surface area contributed by atoms with Crippen molar-refractivity contribution in [2.45, 2.75) is 117 Å². The highest BCUT2D eigenvalue weighted by Gasteiger charge is 2.15. The molecule has 0 heterocycles. The Hall–Kier alpha value is -1.52. The molecule has 0 aromatic carbocycles. The number of rotatable bonds is 18. The Labute approximate surface area is 173 Å². The second-order valence-corrected chi connectivity index (χ2v) is 8.00. The monoisotopic (exact) mass is 395 g/mol. The summed E-state index contributed by atoms with van der Waals surface area (Å²) in [6.45, 7) is 7.33. The number of hydrogen-bond donors (Lipinski definition) is 2. The van der Waals surface area contributed by atoms with Crippen LogP contribution in [0.3, 0.4) is 0 Å². The van der Waals surface area contributed by atoms with Gasteiger partial charge in [-0.3, -0.25) is 4.79 Å². The maximum atomic E-state index is 12.4. The molecule has 0 aromatic rings. The SMILES string of the molecule is CCCCCCC(=O)N(CCCC/C=C\CCCCCCC(N)=NO)C(C)C. The van der Waals surface area contributed by atoms with E-state index in [4.69, 9.17) is 10.9 Å². The third kappa shape index (κ3) is 15.5. The molecule has 0 atom stereocenters. The molecular weight excluding hydrogens is 350 g/mol. The first-order valence-electron chi connectivity index (χ1n) is 11.4. The van der Waals surface area contributed by atoms with Crippen LogP contribution in [0.5, 0.6) is 0 Å². The minimum atomic E-state index is 0.299. The van der Waals surface area contributed by atoms with Crippen molar-refractivity contribution in [2.24, 2.45) is 10.9 Å². The lowest BCUT2D eigenvalue weighted by atomic mass is 10.1. The van der Waals surface area contributed by atoms with Gasteiger partial charge in [-0.2, -0.15) is 0 Å². The standard InChI is InChI=1S/C23H45N3O2/c1-4-5-6-16-19-23(27)26(21(2)3)20-17-14-12-10-8-7-9-11-13-15-18-22(24)25-28/h8,10,21,28H,4-7,9,11-20H2,1-3H3,(H2,24,25)/b10-8-. The van der Waals surface area contributed by atoms with E-state index in [1.165, 1.54) is 32.1 Å². The van der Waals surface area contributed by atoms with Crippen LogP contribution in [0.1, 0.15) is 111 Å². The molecule has 0 aromatic heterocycles. The zero-order valence-electron chi connectivity index (χ0n) is 18.7. The summed E-state index contributed by atoms with van der Waals surface area (Å²) in [5, 5.41) is 11.4. The molecule has 0 spiro atoms. The Balaban J connectivity index is 3.71. The third-order valence-corrected chi connectivity index (χ3v) is 5.06. The van der Waals surface area contributed by atoms with Gasteiger partial charge in [0.2, 0.25) is 5.91 Å². The van der Waals surface area contributed by atoms with Gasteiger partial charge in [0, 0.05) is 25.4 Å². The summed E-state index contributed by atoms with van der Waals surface area (Å²) in [6.07, 6.45) is 19.5. The summed E-state index contributed by atoms with van der Waals surface area (Å²) in [5.74, 6) is 0.655. The summed E-state index contributed by atoms with van der Waals surface area (Å²) in [6, 6.07) is 0.299. The summed E-state index contributed by atoms with van der Waals surface area (Å²) in [5.41, 5.74) is 5.44. The molecule has 28 heavy (non-hydrogen) atoms. The van der Waals surface area contributed by atoms with E-state index in [2.05, 4.69) is 43.0 Å². The fraction of sp³-hybridized carbons (Fsp3) is 0.826. The molecule has 0 unspecified atom stereocenters. The van der Waals surface area contributed by atoms with Gasteiger partial charge in [0.15, 0.2) is 0 Å². The maximum Gasteiger partial charge on any atom is 0.222 e. The lowest BCUT2D eigenvalue weighted by molar-refractivity contribution is -0.133. The fourth-order valence-electron chi connectivity index (χ4n) is 3.27. The number of amides is 1. The van der Waals surface area contributed by atoms with E-state index in [0.29, 0.717) is 30.6 Å². The minimum absolute atomic E-state index is 0.299. The van der Waals surface area contributed by atoms with Gasteiger partial charge in [0.05, 0.1) is 0 Å². The van der Waals surface area contributed by atoms with Crippen LogP contribution in [0.15, 0.2) is 17.3 Å². The van der Waals surface area contributed by atoms with E-state index < -0.39 is 0 Å². The molecule has 0 saturated carbocycles. The quantitative estimate of drug-likeness (QED) is 0.0745. The normalized spacial score (nSPS) is 12.2. The van der Waals surface area contributed by atoms with Crippen LogP contribution in [-0.4, -0.2) is 34.4 Å². The fourth-order valence-corrected chi connectivity index (χ4v) is 3.27. The number of hydrogen-bond acceptors (Lipinski definition) is 3. The second kappa shape index (κ2) is 18.8. The first-order chi connectivity index (χ1) is 13.5. The van der Waals surface area contributed by atoms with E-state index in [0.717, 1.165) is 51.5 Å². The highest BCUT2D eigenvalue weighted by molar-refractivity contribution is 5.79. The number of allylic oxidation sites excluding steroid dienone is 2. The Kier molecular flexibility index (Phi) is 17.8. The molecule has 1 amide bonds. The number of oxime groups is 1. The summed E-state index contributed by atoms with van der Waals surface area (Å²) in [7, 11) is 0. The van der Waals surface area contributed by atoms with E-state index in [1.54, 1.807) is 0 Å². The van der Waals surface area contributed by atoms with E-state index in [9.17, 15) is 4.79 Å². The Morgan fingerprint density at radius 2 is 1.50 bits per heavy atom. The summed E-state index contributed by atoms with van der Waals surface area (Å²) >= 11 is 0. The zero-order chi connectivity index (χ0) is 21.0. The van der Waals surface area contributed by atoms with Crippen molar-refractivity contribution < 1.29 is 10.0 Å². The molecule has 0 bridgehead atoms. The first-order valence-corrected chi connectivity index (χ1v) is 11.4. The number of carbonyl (C=O) groups excluding carboxylic acids is 1. The van der Waals surface area contributed by atoms with Crippen LogP contribution in [0.2, 0.25) is 0 Å². The van der Waals surface area contributed by atoms with Gasteiger partial charge in [0.25, 0.3) is 0 Å². The minimum Gasteiger partial charge on any atom is -0.409 e. The number of carbonyl (C=O) groups is 1. The summed E-state index contributed by atoms with van der Waals surface area (Å²) in [4.78, 5) is 14.5. The van der Waals surface area contributed by atoms with Gasteiger partial charge in [0.1, 0.15) is 5.84 Å². The van der Waals surface area contributed by atoms with Crippen molar-refractivity contribution in [2.75, 3.05) is 6.54 Å². The van der Waals surface area contributed by atoms with E-state index in [-0.39, 0.29) is 0 Å². The molecule has 3 N–H and O–H groups in total. The molecule has 0 aliphatic rings. The van der Waals surface area contributed by atoms with Crippen molar-refractivity contribution in [1.29, 1.82) is 0 Å².